The summed E-state index contributed by atoms with van der Waals surface area (Å²) in [6.45, 7) is 1.63. The van der Waals surface area contributed by atoms with E-state index in [9.17, 15) is 61.0 Å². The second-order valence-corrected chi connectivity index (χ2v) is 26.4. The van der Waals surface area contributed by atoms with Gasteiger partial charge in [-0.15, -0.1) is 0 Å². The van der Waals surface area contributed by atoms with Gasteiger partial charge in [0.05, 0.1) is 38.6 Å². The van der Waals surface area contributed by atoms with Crippen molar-refractivity contribution < 1.29 is 89.4 Å². The molecular formula is C76H133NO18. The average Bonchev–Trinajstić information content (AvgIpc) is 0.786. The molecular weight excluding hydrogens is 1210 g/mol. The van der Waals surface area contributed by atoms with Crippen molar-refractivity contribution in [3.63, 3.8) is 0 Å². The van der Waals surface area contributed by atoms with Crippen LogP contribution >= 0.6 is 0 Å². The van der Waals surface area contributed by atoms with E-state index in [1.165, 1.54) is 135 Å². The lowest BCUT2D eigenvalue weighted by Gasteiger charge is -2.48. The molecule has 1 amide bonds. The summed E-state index contributed by atoms with van der Waals surface area (Å²) in [5.41, 5.74) is 0. The highest BCUT2D eigenvalue weighted by Crippen LogP contribution is 2.33. The fourth-order valence-electron chi connectivity index (χ4n) is 12.2. The molecule has 3 aliphatic rings. The van der Waals surface area contributed by atoms with Gasteiger partial charge < -0.3 is 89.9 Å². The predicted molar refractivity (Wildman–Crippen MR) is 374 cm³/mol. The van der Waals surface area contributed by atoms with Gasteiger partial charge in [-0.1, -0.05) is 266 Å². The predicted octanol–water partition coefficient (Wildman–Crippen LogP) is 11.1. The number of ether oxygens (including phenoxy) is 6. The maximum absolute atomic E-state index is 13.4. The Labute approximate surface area is 571 Å². The molecule has 0 bridgehead atoms. The Morgan fingerprint density at radius 1 is 0.389 bits per heavy atom. The first-order valence-corrected chi connectivity index (χ1v) is 37.3. The highest BCUT2D eigenvalue weighted by molar-refractivity contribution is 5.76. The lowest BCUT2D eigenvalue weighted by Crippen LogP contribution is -2.66. The van der Waals surface area contributed by atoms with E-state index in [0.29, 0.717) is 6.42 Å². The highest BCUT2D eigenvalue weighted by Gasteiger charge is 2.53. The molecule has 550 valence electrons. The third kappa shape index (κ3) is 37.8. The van der Waals surface area contributed by atoms with Gasteiger partial charge in [0, 0.05) is 6.42 Å². The number of hydrogen-bond acceptors (Lipinski definition) is 18. The Kier molecular flexibility index (Phi) is 51.4. The van der Waals surface area contributed by atoms with Crippen molar-refractivity contribution in [1.82, 2.24) is 5.32 Å². The standard InChI is InChI=1S/C76H133NO18/c1-3-5-7-9-11-13-15-17-19-21-23-25-26-27-28-29-30-31-32-34-36-38-40-42-44-46-48-50-52-54-64(82)77-59(60(81)53-51-49-47-45-43-41-39-37-35-33-24-22-20-18-16-14-12-10-8-6-4-2)58-90-74-70(88)67(85)72(62(56-79)92-74)95-76-71(89)68(86)73(63(57-80)93-76)94-75-69(87)66(84)65(83)61(55-78)91-75/h5,7,11,13,17,19,23,25,27-28,30-31,51,53,59-63,65-76,78-81,83-89H,3-4,6,8-10,12,14-16,18,20-22,24,26,29,32-50,52,54-58H2,1-2H3,(H,77,82)/b7-5-,13-11-,19-17-,25-23-,28-27-,31-30-,53-51+. The molecule has 3 fully saturated rings. The lowest BCUT2D eigenvalue weighted by molar-refractivity contribution is -0.379. The van der Waals surface area contributed by atoms with Gasteiger partial charge >= 0.3 is 0 Å². The van der Waals surface area contributed by atoms with Crippen LogP contribution < -0.4 is 5.32 Å². The summed E-state index contributed by atoms with van der Waals surface area (Å²) in [5.74, 6) is -0.282. The normalized spacial score (nSPS) is 27.7. The average molecular weight is 1350 g/mol. The van der Waals surface area contributed by atoms with E-state index in [0.717, 1.165) is 96.3 Å². The summed E-state index contributed by atoms with van der Waals surface area (Å²) in [6.07, 6.45) is 46.9. The van der Waals surface area contributed by atoms with Crippen molar-refractivity contribution in [1.29, 1.82) is 0 Å². The van der Waals surface area contributed by atoms with E-state index < -0.39 is 124 Å². The Bertz CT molecular complexity index is 2050. The lowest BCUT2D eigenvalue weighted by atomic mass is 9.96. The molecule has 12 N–H and O–H groups in total. The molecule has 0 aliphatic carbocycles. The van der Waals surface area contributed by atoms with Gasteiger partial charge in [-0.2, -0.15) is 0 Å². The minimum absolute atomic E-state index is 0.234. The summed E-state index contributed by atoms with van der Waals surface area (Å²) in [4.78, 5) is 13.4. The van der Waals surface area contributed by atoms with E-state index in [4.69, 9.17) is 28.4 Å². The highest BCUT2D eigenvalue weighted by atomic mass is 16.8. The maximum atomic E-state index is 13.4. The van der Waals surface area contributed by atoms with E-state index >= 15 is 0 Å². The molecule has 3 rings (SSSR count). The van der Waals surface area contributed by atoms with Crippen molar-refractivity contribution >= 4 is 5.91 Å². The molecule has 0 spiro atoms. The van der Waals surface area contributed by atoms with Crippen LogP contribution in [0.3, 0.4) is 0 Å². The zero-order valence-corrected chi connectivity index (χ0v) is 58.4. The smallest absolute Gasteiger partial charge is 0.220 e. The first-order chi connectivity index (χ1) is 46.3. The molecule has 0 aromatic carbocycles. The summed E-state index contributed by atoms with van der Waals surface area (Å²) in [5, 5.41) is 121. The monoisotopic (exact) mass is 1350 g/mol. The number of rotatable bonds is 57. The number of nitrogens with one attached hydrogen (secondary N) is 1. The second kappa shape index (κ2) is 56.7. The van der Waals surface area contributed by atoms with Crippen molar-refractivity contribution in [2.24, 2.45) is 0 Å². The summed E-state index contributed by atoms with van der Waals surface area (Å²) < 4.78 is 34.4. The topological polar surface area (TPSA) is 307 Å². The fraction of sp³-hybridized carbons (Fsp3) is 0.803. The zero-order valence-electron chi connectivity index (χ0n) is 58.4. The van der Waals surface area contributed by atoms with Crippen molar-refractivity contribution in [2.45, 2.75) is 362 Å². The number of amides is 1. The molecule has 17 atom stereocenters. The summed E-state index contributed by atoms with van der Waals surface area (Å²) in [6, 6.07) is -0.982. The van der Waals surface area contributed by atoms with Gasteiger partial charge in [0.15, 0.2) is 18.9 Å². The van der Waals surface area contributed by atoms with Crippen LogP contribution in [0, 0.1) is 0 Å². The van der Waals surface area contributed by atoms with E-state index in [-0.39, 0.29) is 18.9 Å². The van der Waals surface area contributed by atoms with E-state index in [1.54, 1.807) is 6.08 Å². The molecule has 0 radical (unpaired) electrons. The van der Waals surface area contributed by atoms with Gasteiger partial charge in [-0.3, -0.25) is 4.79 Å². The van der Waals surface area contributed by atoms with Gasteiger partial charge in [-0.25, -0.2) is 0 Å². The SMILES string of the molecule is CC/C=C\C/C=C\C/C=C\C/C=C\C/C=C\C/C=C\CCCCCCCCCCCCC(=O)NC(COC1OC(CO)C(OC2OC(CO)C(OC3OC(CO)C(O)C(O)C3O)C(O)C2O)C(O)C1O)C(O)/C=C/CCCCCCCCCCCCCCCCCCCCC. The van der Waals surface area contributed by atoms with Gasteiger partial charge in [-0.05, 0) is 70.6 Å². The number of unbranched alkanes of at least 4 members (excludes halogenated alkanes) is 29. The minimum Gasteiger partial charge on any atom is -0.394 e. The van der Waals surface area contributed by atoms with Crippen LogP contribution in [0.15, 0.2) is 85.1 Å². The van der Waals surface area contributed by atoms with Crippen molar-refractivity contribution in [3.05, 3.63) is 85.1 Å². The van der Waals surface area contributed by atoms with Gasteiger partial charge in [0.25, 0.3) is 0 Å². The molecule has 17 unspecified atom stereocenters. The van der Waals surface area contributed by atoms with E-state index in [2.05, 4.69) is 92.1 Å². The van der Waals surface area contributed by atoms with Crippen LogP contribution in [-0.2, 0) is 33.2 Å². The second-order valence-electron chi connectivity index (χ2n) is 26.4. The van der Waals surface area contributed by atoms with Gasteiger partial charge in [0.1, 0.15) is 73.2 Å². The quantitative estimate of drug-likeness (QED) is 0.0199. The first-order valence-electron chi connectivity index (χ1n) is 37.3. The Morgan fingerprint density at radius 3 is 1.14 bits per heavy atom. The molecule has 3 aliphatic heterocycles. The number of aliphatic hydroxyl groups excluding tert-OH is 11. The summed E-state index contributed by atoms with van der Waals surface area (Å²) >= 11 is 0. The molecule has 3 heterocycles. The maximum Gasteiger partial charge on any atom is 0.220 e. The molecule has 0 aromatic rings. The number of hydrogen-bond donors (Lipinski definition) is 12. The fourth-order valence-corrected chi connectivity index (χ4v) is 12.2. The first kappa shape index (κ1) is 86.2. The Hall–Kier alpha value is -3.03. The Balaban J connectivity index is 1.41. The van der Waals surface area contributed by atoms with Crippen molar-refractivity contribution in [3.8, 4) is 0 Å². The number of carbonyl (C=O) groups excluding carboxylic acids is 1. The molecule has 19 heteroatoms. The zero-order chi connectivity index (χ0) is 68.9. The number of carbonyl (C=O) groups is 1. The molecule has 95 heavy (non-hydrogen) atoms. The molecule has 19 nitrogen and oxygen atoms in total. The van der Waals surface area contributed by atoms with Crippen LogP contribution in [0.1, 0.15) is 258 Å². The van der Waals surface area contributed by atoms with Crippen LogP contribution in [-0.4, -0.2) is 193 Å². The molecule has 0 saturated carbocycles. The Morgan fingerprint density at radius 2 is 0.726 bits per heavy atom. The van der Waals surface area contributed by atoms with Gasteiger partial charge in [0.2, 0.25) is 5.91 Å². The summed E-state index contributed by atoms with van der Waals surface area (Å²) in [7, 11) is 0. The van der Waals surface area contributed by atoms with Crippen LogP contribution in [0.5, 0.6) is 0 Å². The minimum atomic E-state index is -1.98. The molecule has 0 aromatic heterocycles. The van der Waals surface area contributed by atoms with Crippen LogP contribution in [0.4, 0.5) is 0 Å². The molecule has 3 saturated heterocycles. The third-order valence-corrected chi connectivity index (χ3v) is 18.2. The largest absolute Gasteiger partial charge is 0.394 e. The van der Waals surface area contributed by atoms with Crippen LogP contribution in [0.25, 0.3) is 0 Å². The third-order valence-electron chi connectivity index (χ3n) is 18.2. The van der Waals surface area contributed by atoms with E-state index in [1.807, 2.05) is 6.08 Å². The number of aliphatic hydroxyl groups is 11. The van der Waals surface area contributed by atoms with Crippen LogP contribution in [0.2, 0.25) is 0 Å². The number of allylic oxidation sites excluding steroid dienone is 13. The van der Waals surface area contributed by atoms with Crippen molar-refractivity contribution in [2.75, 3.05) is 26.4 Å².